The molecule has 0 saturated carbocycles. The molecule has 0 aromatic heterocycles. The number of para-hydroxylation sites is 1. The van der Waals surface area contributed by atoms with Crippen LogP contribution in [0.15, 0.2) is 18.2 Å². The van der Waals surface area contributed by atoms with Crippen LogP contribution in [0, 0.1) is 0 Å². The molecule has 0 aliphatic rings. The lowest BCUT2D eigenvalue weighted by Gasteiger charge is -2.09. The van der Waals surface area contributed by atoms with Gasteiger partial charge in [0.15, 0.2) is 0 Å². The highest BCUT2D eigenvalue weighted by Gasteiger charge is 2.03. The van der Waals surface area contributed by atoms with E-state index >= 15 is 0 Å². The summed E-state index contributed by atoms with van der Waals surface area (Å²) in [5.74, 6) is 0. The van der Waals surface area contributed by atoms with Gasteiger partial charge in [-0.2, -0.15) is 0 Å². The van der Waals surface area contributed by atoms with E-state index < -0.39 is 6.09 Å². The van der Waals surface area contributed by atoms with Gasteiger partial charge in [0.1, 0.15) is 6.09 Å². The van der Waals surface area contributed by atoms with E-state index in [1.807, 2.05) is 5.32 Å². The van der Waals surface area contributed by atoms with E-state index in [1.165, 1.54) is 12.1 Å². The Hall–Kier alpha value is -0.930. The van der Waals surface area contributed by atoms with Crippen LogP contribution in [0.5, 0.6) is 0 Å². The number of benzene rings is 1. The van der Waals surface area contributed by atoms with E-state index in [0.717, 1.165) is 0 Å². The molecule has 1 aromatic rings. The molecule has 64 valence electrons. The molecule has 1 aromatic carbocycles. The molecule has 1 rings (SSSR count). The van der Waals surface area contributed by atoms with Gasteiger partial charge in [-0.3, -0.25) is 0 Å². The summed E-state index contributed by atoms with van der Waals surface area (Å²) in [6.07, 6.45) is -1.44. The van der Waals surface area contributed by atoms with Crippen LogP contribution in [-0.4, -0.2) is 6.09 Å². The molecule has 0 fully saturated rings. The first-order valence-electron chi connectivity index (χ1n) is 3.03. The van der Waals surface area contributed by atoms with Gasteiger partial charge in [-0.25, -0.2) is 0 Å². The zero-order valence-corrected chi connectivity index (χ0v) is 7.32. The molecule has 0 bridgehead atoms. The first kappa shape index (κ1) is 9.16. The first-order valence-corrected chi connectivity index (χ1v) is 3.79. The van der Waals surface area contributed by atoms with Crippen molar-refractivity contribution in [2.45, 2.75) is 0 Å². The van der Waals surface area contributed by atoms with E-state index in [-0.39, 0.29) is 15.7 Å². The summed E-state index contributed by atoms with van der Waals surface area (Å²) in [5, 5.41) is 12.6. The van der Waals surface area contributed by atoms with Gasteiger partial charge in [0.25, 0.3) is 0 Å². The van der Waals surface area contributed by atoms with Crippen molar-refractivity contribution in [2.75, 3.05) is 5.32 Å². The highest BCUT2D eigenvalue weighted by atomic mass is 35.5. The third-order valence-electron chi connectivity index (χ3n) is 1.19. The van der Waals surface area contributed by atoms with Crippen molar-refractivity contribution in [3.63, 3.8) is 0 Å². The number of rotatable bonds is 1. The number of carbonyl (C=O) groups excluding carboxylic acids is 1. The molecule has 12 heavy (non-hydrogen) atoms. The fourth-order valence-electron chi connectivity index (χ4n) is 0.719. The van der Waals surface area contributed by atoms with Crippen LogP contribution >= 0.6 is 23.2 Å². The molecule has 0 heterocycles. The molecule has 3 nitrogen and oxygen atoms in total. The second kappa shape index (κ2) is 3.65. The lowest BCUT2D eigenvalue weighted by atomic mass is 10.3. The van der Waals surface area contributed by atoms with Crippen LogP contribution in [0.2, 0.25) is 10.0 Å². The Morgan fingerprint density at radius 2 is 1.83 bits per heavy atom. The Morgan fingerprint density at radius 1 is 1.33 bits per heavy atom. The summed E-state index contributed by atoms with van der Waals surface area (Å²) in [6.45, 7) is 0. The quantitative estimate of drug-likeness (QED) is 0.759. The average Bonchev–Trinajstić information content (AvgIpc) is 1.97. The second-order valence-electron chi connectivity index (χ2n) is 2.01. The van der Waals surface area contributed by atoms with E-state index in [9.17, 15) is 9.90 Å². The van der Waals surface area contributed by atoms with Crippen LogP contribution in [0.25, 0.3) is 0 Å². The smallest absolute Gasteiger partial charge is 0.138 e. The van der Waals surface area contributed by atoms with Crippen molar-refractivity contribution < 1.29 is 9.90 Å². The monoisotopic (exact) mass is 204 g/mol. The third-order valence-corrected chi connectivity index (χ3v) is 1.82. The van der Waals surface area contributed by atoms with E-state index in [1.54, 1.807) is 6.07 Å². The molecule has 0 unspecified atom stereocenters. The number of halogens is 2. The van der Waals surface area contributed by atoms with E-state index in [0.29, 0.717) is 0 Å². The Labute approximate surface area is 78.9 Å². The molecule has 0 radical (unpaired) electrons. The van der Waals surface area contributed by atoms with Crippen LogP contribution in [-0.2, 0) is 0 Å². The van der Waals surface area contributed by atoms with Crippen molar-refractivity contribution in [2.24, 2.45) is 0 Å². The zero-order valence-electron chi connectivity index (χ0n) is 5.80. The maximum Gasteiger partial charge on any atom is 0.138 e. The number of carboxylic acid groups (broad SMARTS) is 1. The van der Waals surface area contributed by atoms with E-state index in [2.05, 4.69) is 0 Å². The number of carbonyl (C=O) groups is 1. The fraction of sp³-hybridized carbons (Fsp3) is 0. The van der Waals surface area contributed by atoms with Gasteiger partial charge in [-0.15, -0.1) is 0 Å². The SMILES string of the molecule is O=C([O-])Nc1c(Cl)cccc1Cl. The van der Waals surface area contributed by atoms with Gasteiger partial charge in [0.2, 0.25) is 0 Å². The van der Waals surface area contributed by atoms with Crippen molar-refractivity contribution in [1.82, 2.24) is 0 Å². The molecule has 0 saturated heterocycles. The second-order valence-corrected chi connectivity index (χ2v) is 2.82. The summed E-state index contributed by atoms with van der Waals surface area (Å²) in [6, 6.07) is 4.67. The lowest BCUT2D eigenvalue weighted by Crippen LogP contribution is -2.29. The summed E-state index contributed by atoms with van der Waals surface area (Å²) >= 11 is 11.3. The zero-order chi connectivity index (χ0) is 9.14. The van der Waals surface area contributed by atoms with Gasteiger partial charge >= 0.3 is 0 Å². The predicted octanol–water partition coefficient (Wildman–Crippen LogP) is 1.75. The predicted molar refractivity (Wildman–Crippen MR) is 45.5 cm³/mol. The van der Waals surface area contributed by atoms with Crippen LogP contribution in [0.1, 0.15) is 0 Å². The standard InChI is InChI=1S/C7H5Cl2NO2/c8-4-2-1-3-5(9)6(4)10-7(11)12/h1-3,10H,(H,11,12)/p-1. The van der Waals surface area contributed by atoms with Gasteiger partial charge in [-0.1, -0.05) is 29.3 Å². The molecular weight excluding hydrogens is 201 g/mol. The van der Waals surface area contributed by atoms with Gasteiger partial charge in [0.05, 0.1) is 15.7 Å². The average molecular weight is 205 g/mol. The first-order chi connectivity index (χ1) is 5.61. The van der Waals surface area contributed by atoms with Crippen LogP contribution in [0.3, 0.4) is 0 Å². The Morgan fingerprint density at radius 3 is 2.25 bits per heavy atom. The van der Waals surface area contributed by atoms with E-state index in [4.69, 9.17) is 23.2 Å². The van der Waals surface area contributed by atoms with Crippen LogP contribution < -0.4 is 10.4 Å². The van der Waals surface area contributed by atoms with Crippen molar-refractivity contribution in [3.8, 4) is 0 Å². The Balaban J connectivity index is 3.04. The summed E-state index contributed by atoms with van der Waals surface area (Å²) < 4.78 is 0. The molecule has 5 heteroatoms. The highest BCUT2D eigenvalue weighted by molar-refractivity contribution is 6.39. The maximum atomic E-state index is 10.1. The maximum absolute atomic E-state index is 10.1. The normalized spacial score (nSPS) is 9.50. The molecule has 0 aliphatic carbocycles. The minimum atomic E-state index is -1.44. The molecule has 0 spiro atoms. The van der Waals surface area contributed by atoms with Gasteiger partial charge < -0.3 is 15.2 Å². The number of anilines is 1. The van der Waals surface area contributed by atoms with Gasteiger partial charge in [-0.05, 0) is 12.1 Å². The number of nitrogens with one attached hydrogen (secondary N) is 1. The molecule has 0 aliphatic heterocycles. The minimum absolute atomic E-state index is 0.154. The third kappa shape index (κ3) is 2.03. The van der Waals surface area contributed by atoms with Gasteiger partial charge in [0, 0.05) is 0 Å². The summed E-state index contributed by atoms with van der Waals surface area (Å²) in [5.41, 5.74) is 0.154. The lowest BCUT2D eigenvalue weighted by molar-refractivity contribution is -0.242. The topological polar surface area (TPSA) is 52.2 Å². The summed E-state index contributed by atoms with van der Waals surface area (Å²) in [7, 11) is 0. The van der Waals surface area contributed by atoms with Crippen molar-refractivity contribution in [1.29, 1.82) is 0 Å². The molecule has 1 N–H and O–H groups in total. The largest absolute Gasteiger partial charge is 0.530 e. The van der Waals surface area contributed by atoms with Crippen molar-refractivity contribution in [3.05, 3.63) is 28.2 Å². The Kier molecular flexibility index (Phi) is 2.78. The van der Waals surface area contributed by atoms with Crippen LogP contribution in [0.4, 0.5) is 10.5 Å². The molecule has 1 amide bonds. The highest BCUT2D eigenvalue weighted by Crippen LogP contribution is 2.29. The molecular formula is C7H4Cl2NO2-. The minimum Gasteiger partial charge on any atom is -0.530 e. The fourth-order valence-corrected chi connectivity index (χ4v) is 1.21. The Bertz CT molecular complexity index is 294. The number of amides is 1. The van der Waals surface area contributed by atoms with Crippen molar-refractivity contribution >= 4 is 35.0 Å². The number of hydrogen-bond acceptors (Lipinski definition) is 2. The summed E-state index contributed by atoms with van der Waals surface area (Å²) in [4.78, 5) is 10.1. The molecule has 0 atom stereocenters. The number of hydrogen-bond donors (Lipinski definition) is 1.